The number of benzene rings is 2. The maximum Gasteiger partial charge on any atom is 0.229 e. The Balaban J connectivity index is 1.83. The van der Waals surface area contributed by atoms with Gasteiger partial charge in [-0.05, 0) is 19.1 Å². The van der Waals surface area contributed by atoms with Crippen molar-refractivity contribution in [1.82, 2.24) is 0 Å². The third kappa shape index (κ3) is 3.74. The topological polar surface area (TPSA) is 211 Å². The van der Waals surface area contributed by atoms with Gasteiger partial charge < -0.3 is 54.7 Å². The Kier molecular flexibility index (Phi) is 5.46. The average Bonchev–Trinajstić information content (AvgIpc) is 2.76. The highest BCUT2D eigenvalue weighted by Crippen LogP contribution is 2.44. The predicted octanol–water partition coefficient (Wildman–Crippen LogP) is 0.194. The van der Waals surface area contributed by atoms with E-state index < -0.39 is 70.6 Å². The van der Waals surface area contributed by atoms with E-state index in [2.05, 4.69) is 0 Å². The molecule has 2 unspecified atom stereocenters. The third-order valence-electron chi connectivity index (χ3n) is 5.32. The fraction of sp³-hybridized carbons (Fsp3) is 0.286. The second-order valence-electron chi connectivity index (χ2n) is 7.58. The molecular formula is C21H20O12. The van der Waals surface area contributed by atoms with Crippen LogP contribution < -0.4 is 10.2 Å². The summed E-state index contributed by atoms with van der Waals surface area (Å²) in [5.41, 5.74) is -1.06. The SMILES string of the molecule is CC1O[C@@H](Oc2c(O)c(O)cc3oc(-c4cc(O)c(O)c(O)c4)cc(=O)c23)C(O)[C@@H](O)[C@H]1O. The molecule has 12 heteroatoms. The quantitative estimate of drug-likeness (QED) is 0.244. The standard InChI is InChI=1S/C21H20O12/c1-6-15(26)18(29)19(30)21(31-6)33-20-14-8(22)4-12(32-13(14)5-11(25)17(20)28)7-2-9(23)16(27)10(24)3-7/h2-6,15,18-19,21,23-30H,1H3/t6?,15-,18-,19?,21-/m0/s1. The summed E-state index contributed by atoms with van der Waals surface area (Å²) in [6, 6.07) is 3.91. The smallest absolute Gasteiger partial charge is 0.229 e. The molecular weight excluding hydrogens is 444 g/mol. The maximum absolute atomic E-state index is 12.9. The van der Waals surface area contributed by atoms with E-state index in [9.17, 15) is 45.6 Å². The molecule has 0 aliphatic carbocycles. The molecule has 2 aromatic carbocycles. The molecule has 33 heavy (non-hydrogen) atoms. The molecule has 1 saturated heterocycles. The highest BCUT2D eigenvalue weighted by molar-refractivity contribution is 5.89. The predicted molar refractivity (Wildman–Crippen MR) is 109 cm³/mol. The zero-order chi connectivity index (χ0) is 24.2. The van der Waals surface area contributed by atoms with Crippen LogP contribution in [0.3, 0.4) is 0 Å². The Hall–Kier alpha value is -3.71. The van der Waals surface area contributed by atoms with Gasteiger partial charge in [0.05, 0.1) is 6.10 Å². The number of ether oxygens (including phenoxy) is 2. The minimum absolute atomic E-state index is 0.00815. The van der Waals surface area contributed by atoms with Crippen molar-refractivity contribution in [3.05, 3.63) is 34.5 Å². The Morgan fingerprint density at radius 1 is 0.818 bits per heavy atom. The molecule has 5 atom stereocenters. The number of hydrogen-bond donors (Lipinski definition) is 8. The first-order valence-electron chi connectivity index (χ1n) is 9.64. The summed E-state index contributed by atoms with van der Waals surface area (Å²) in [5, 5.41) is 79.0. The lowest BCUT2D eigenvalue weighted by atomic mass is 10.00. The van der Waals surface area contributed by atoms with Crippen LogP contribution in [0, 0.1) is 0 Å². The van der Waals surface area contributed by atoms with Gasteiger partial charge >= 0.3 is 0 Å². The molecule has 0 spiro atoms. The molecule has 176 valence electrons. The first-order valence-corrected chi connectivity index (χ1v) is 9.64. The van der Waals surface area contributed by atoms with Gasteiger partial charge in [0.15, 0.2) is 34.2 Å². The molecule has 12 nitrogen and oxygen atoms in total. The molecule has 1 aliphatic heterocycles. The molecule has 1 fully saturated rings. The monoisotopic (exact) mass is 464 g/mol. The lowest BCUT2D eigenvalue weighted by Gasteiger charge is -2.39. The molecule has 1 aliphatic rings. The second-order valence-corrected chi connectivity index (χ2v) is 7.58. The van der Waals surface area contributed by atoms with Crippen molar-refractivity contribution >= 4 is 11.0 Å². The van der Waals surface area contributed by atoms with Gasteiger partial charge in [0.1, 0.15) is 35.0 Å². The van der Waals surface area contributed by atoms with E-state index in [-0.39, 0.29) is 22.3 Å². The number of phenolic OH excluding ortho intramolecular Hbond substituents is 5. The highest BCUT2D eigenvalue weighted by atomic mass is 16.7. The van der Waals surface area contributed by atoms with Crippen molar-refractivity contribution in [3.63, 3.8) is 0 Å². The van der Waals surface area contributed by atoms with Crippen LogP contribution in [0.2, 0.25) is 0 Å². The largest absolute Gasteiger partial charge is 0.504 e. The lowest BCUT2D eigenvalue weighted by molar-refractivity contribution is -0.268. The number of aliphatic hydroxyl groups is 3. The summed E-state index contributed by atoms with van der Waals surface area (Å²) in [4.78, 5) is 12.9. The van der Waals surface area contributed by atoms with Gasteiger partial charge in [-0.15, -0.1) is 0 Å². The van der Waals surface area contributed by atoms with Gasteiger partial charge in [0.2, 0.25) is 12.0 Å². The van der Waals surface area contributed by atoms with Crippen molar-refractivity contribution in [3.8, 4) is 45.8 Å². The zero-order valence-electron chi connectivity index (χ0n) is 16.9. The first-order chi connectivity index (χ1) is 15.5. The number of rotatable bonds is 3. The average molecular weight is 464 g/mol. The normalized spacial score (nSPS) is 25.3. The van der Waals surface area contributed by atoms with E-state index in [4.69, 9.17) is 13.9 Å². The zero-order valence-corrected chi connectivity index (χ0v) is 16.9. The van der Waals surface area contributed by atoms with E-state index in [0.717, 1.165) is 24.3 Å². The third-order valence-corrected chi connectivity index (χ3v) is 5.32. The van der Waals surface area contributed by atoms with Crippen LogP contribution in [0.4, 0.5) is 0 Å². The van der Waals surface area contributed by atoms with Crippen LogP contribution in [0.15, 0.2) is 33.5 Å². The van der Waals surface area contributed by atoms with Gasteiger partial charge in [-0.3, -0.25) is 4.79 Å². The van der Waals surface area contributed by atoms with Crippen molar-refractivity contribution in [2.45, 2.75) is 37.6 Å². The molecule has 0 amide bonds. The number of hydrogen-bond acceptors (Lipinski definition) is 12. The van der Waals surface area contributed by atoms with Gasteiger partial charge in [0, 0.05) is 17.7 Å². The van der Waals surface area contributed by atoms with Gasteiger partial charge in [-0.25, -0.2) is 0 Å². The number of phenols is 5. The Morgan fingerprint density at radius 3 is 2.06 bits per heavy atom. The van der Waals surface area contributed by atoms with E-state index in [0.29, 0.717) is 0 Å². The van der Waals surface area contributed by atoms with E-state index >= 15 is 0 Å². The molecule has 1 aromatic heterocycles. The lowest BCUT2D eigenvalue weighted by Crippen LogP contribution is -2.58. The summed E-state index contributed by atoms with van der Waals surface area (Å²) in [5.74, 6) is -4.53. The van der Waals surface area contributed by atoms with Crippen LogP contribution in [0.25, 0.3) is 22.3 Å². The van der Waals surface area contributed by atoms with Gasteiger partial charge in [-0.2, -0.15) is 0 Å². The summed E-state index contributed by atoms with van der Waals surface area (Å²) < 4.78 is 16.3. The van der Waals surface area contributed by atoms with Crippen LogP contribution in [0.1, 0.15) is 6.92 Å². The fourth-order valence-electron chi connectivity index (χ4n) is 3.49. The molecule has 8 N–H and O–H groups in total. The Morgan fingerprint density at radius 2 is 1.42 bits per heavy atom. The summed E-state index contributed by atoms with van der Waals surface area (Å²) in [7, 11) is 0. The molecule has 3 aromatic rings. The number of aliphatic hydroxyl groups excluding tert-OH is 3. The minimum atomic E-state index is -1.76. The van der Waals surface area contributed by atoms with Gasteiger partial charge in [0.25, 0.3) is 0 Å². The van der Waals surface area contributed by atoms with Crippen molar-refractivity contribution < 1.29 is 54.7 Å². The second kappa shape index (κ2) is 8.01. The summed E-state index contributed by atoms with van der Waals surface area (Å²) >= 11 is 0. The van der Waals surface area contributed by atoms with Crippen molar-refractivity contribution in [2.24, 2.45) is 0 Å². The van der Waals surface area contributed by atoms with Crippen molar-refractivity contribution in [2.75, 3.05) is 0 Å². The van der Waals surface area contributed by atoms with Crippen LogP contribution >= 0.6 is 0 Å². The first kappa shape index (κ1) is 22.5. The van der Waals surface area contributed by atoms with E-state index in [1.807, 2.05) is 0 Å². The van der Waals surface area contributed by atoms with Gasteiger partial charge in [-0.1, -0.05) is 0 Å². The molecule has 0 bridgehead atoms. The summed E-state index contributed by atoms with van der Waals surface area (Å²) in [6.45, 7) is 1.40. The van der Waals surface area contributed by atoms with Crippen LogP contribution in [0.5, 0.6) is 34.5 Å². The molecule has 2 heterocycles. The fourth-order valence-corrected chi connectivity index (χ4v) is 3.49. The number of aromatic hydroxyl groups is 5. The maximum atomic E-state index is 12.9. The number of fused-ring (bicyclic) bond motifs is 1. The molecule has 0 radical (unpaired) electrons. The minimum Gasteiger partial charge on any atom is -0.504 e. The van der Waals surface area contributed by atoms with E-state index in [1.165, 1.54) is 6.92 Å². The highest BCUT2D eigenvalue weighted by Gasteiger charge is 2.43. The Bertz CT molecular complexity index is 1260. The van der Waals surface area contributed by atoms with E-state index in [1.54, 1.807) is 0 Å². The summed E-state index contributed by atoms with van der Waals surface area (Å²) in [6.07, 6.45) is -7.43. The van der Waals surface area contributed by atoms with Crippen molar-refractivity contribution in [1.29, 1.82) is 0 Å². The van der Waals surface area contributed by atoms with Crippen LogP contribution in [-0.4, -0.2) is 71.6 Å². The molecule has 0 saturated carbocycles. The van der Waals surface area contributed by atoms with Crippen LogP contribution in [-0.2, 0) is 4.74 Å². The Labute approximate surface area is 184 Å². The molecule has 4 rings (SSSR count).